The number of hydrogen-bond donors (Lipinski definition) is 2. The maximum Gasteiger partial charge on any atom is 0.0600 e. The van der Waals surface area contributed by atoms with Crippen molar-refractivity contribution in [3.05, 3.63) is 57.2 Å². The zero-order valence-corrected chi connectivity index (χ0v) is 39.9. The topological polar surface area (TPSA) is 40.5 Å². The molecule has 0 aromatic heterocycles. The van der Waals surface area contributed by atoms with Crippen LogP contribution in [-0.2, 0) is 0 Å². The van der Waals surface area contributed by atoms with Gasteiger partial charge in [0.15, 0.2) is 0 Å². The van der Waals surface area contributed by atoms with Gasteiger partial charge >= 0.3 is 0 Å². The second-order valence-electron chi connectivity index (χ2n) is 21.5. The van der Waals surface area contributed by atoms with Crippen LogP contribution >= 0.6 is 0 Å². The Balaban J connectivity index is 0.000000398. The van der Waals surface area contributed by atoms with Gasteiger partial charge in [0.1, 0.15) is 0 Å². The van der Waals surface area contributed by atoms with E-state index in [-0.39, 0.29) is 28.5 Å². The van der Waals surface area contributed by atoms with Crippen LogP contribution in [0.1, 0.15) is 185 Å². The highest BCUT2D eigenvalue weighted by Crippen LogP contribution is 2.52. The summed E-state index contributed by atoms with van der Waals surface area (Å²) in [5, 5.41) is 20.0. The first-order valence-corrected chi connectivity index (χ1v) is 21.5. The van der Waals surface area contributed by atoms with Gasteiger partial charge in [-0.25, -0.2) is 0 Å². The molecule has 0 bridgehead atoms. The first-order valence-electron chi connectivity index (χ1n) is 21.5. The monoisotopic (exact) mass is 737 g/mol. The van der Waals surface area contributed by atoms with E-state index in [0.717, 1.165) is 12.3 Å². The summed E-state index contributed by atoms with van der Waals surface area (Å²) in [6.07, 6.45) is 10.2. The molecule has 0 saturated carbocycles. The van der Waals surface area contributed by atoms with Crippen molar-refractivity contribution in [2.75, 3.05) is 0 Å². The van der Waals surface area contributed by atoms with E-state index in [1.165, 1.54) is 35.1 Å². The maximum atomic E-state index is 10.0. The average molecular weight is 737 g/mol. The van der Waals surface area contributed by atoms with Gasteiger partial charge in [0.2, 0.25) is 0 Å². The van der Waals surface area contributed by atoms with Gasteiger partial charge in [-0.2, -0.15) is 0 Å². The largest absolute Gasteiger partial charge is 0.393 e. The fourth-order valence-corrected chi connectivity index (χ4v) is 9.46. The molecule has 0 aliphatic heterocycles. The number of aliphatic hydroxyl groups is 2. The van der Waals surface area contributed by atoms with E-state index in [1.54, 1.807) is 16.7 Å². The van der Waals surface area contributed by atoms with Crippen molar-refractivity contribution >= 4 is 0 Å². The van der Waals surface area contributed by atoms with Gasteiger partial charge in [-0.15, -0.1) is 0 Å². The molecule has 0 heterocycles. The number of rotatable bonds is 10. The van der Waals surface area contributed by atoms with Gasteiger partial charge < -0.3 is 10.2 Å². The van der Waals surface area contributed by atoms with Crippen molar-refractivity contribution in [1.29, 1.82) is 0 Å². The van der Waals surface area contributed by atoms with E-state index in [1.807, 2.05) is 13.8 Å². The highest BCUT2D eigenvalue weighted by Gasteiger charge is 2.44. The number of allylic oxidation sites excluding steroid dienone is 9. The second kappa shape index (κ2) is 18.3. The molecule has 308 valence electrons. The van der Waals surface area contributed by atoms with Crippen molar-refractivity contribution in [1.82, 2.24) is 0 Å². The molecule has 53 heavy (non-hydrogen) atoms. The molecule has 0 fully saturated rings. The third-order valence-electron chi connectivity index (χ3n) is 17.4. The third kappa shape index (κ3) is 10.7. The average Bonchev–Trinajstić information content (AvgIpc) is 3.60. The van der Waals surface area contributed by atoms with Gasteiger partial charge in [-0.1, -0.05) is 161 Å². The molecule has 8 unspecified atom stereocenters. The summed E-state index contributed by atoms with van der Waals surface area (Å²) in [4.78, 5) is 0. The van der Waals surface area contributed by atoms with Crippen LogP contribution < -0.4 is 0 Å². The first-order chi connectivity index (χ1) is 23.7. The minimum absolute atomic E-state index is 0.0218. The van der Waals surface area contributed by atoms with E-state index >= 15 is 0 Å². The maximum absolute atomic E-state index is 10.0. The molecule has 0 aromatic carbocycles. The molecule has 0 saturated heterocycles. The van der Waals surface area contributed by atoms with Gasteiger partial charge in [0.05, 0.1) is 12.2 Å². The Bertz CT molecular complexity index is 1380. The van der Waals surface area contributed by atoms with Crippen molar-refractivity contribution in [3.63, 3.8) is 0 Å². The summed E-state index contributed by atoms with van der Waals surface area (Å²) >= 11 is 0. The molecular weight excluding hydrogens is 645 g/mol. The quantitative estimate of drug-likeness (QED) is 0.219. The lowest BCUT2D eigenvalue weighted by molar-refractivity contribution is -0.0142. The van der Waals surface area contributed by atoms with Gasteiger partial charge in [0, 0.05) is 5.41 Å². The highest BCUT2D eigenvalue weighted by molar-refractivity contribution is 5.31. The van der Waals surface area contributed by atoms with Crippen molar-refractivity contribution in [3.8, 4) is 0 Å². The second-order valence-corrected chi connectivity index (χ2v) is 21.5. The Morgan fingerprint density at radius 3 is 1.32 bits per heavy atom. The molecule has 3 rings (SSSR count). The van der Waals surface area contributed by atoms with Crippen molar-refractivity contribution < 1.29 is 10.2 Å². The minimum atomic E-state index is -0.314. The minimum Gasteiger partial charge on any atom is -0.393 e. The van der Waals surface area contributed by atoms with E-state index in [0.29, 0.717) is 46.3 Å². The van der Waals surface area contributed by atoms with Crippen LogP contribution in [0.2, 0.25) is 0 Å². The van der Waals surface area contributed by atoms with Crippen LogP contribution in [0, 0.1) is 68.5 Å². The molecule has 2 heteroatoms. The van der Waals surface area contributed by atoms with Crippen LogP contribution in [0.5, 0.6) is 0 Å². The lowest BCUT2D eigenvalue weighted by Gasteiger charge is -2.44. The van der Waals surface area contributed by atoms with E-state index in [2.05, 4.69) is 171 Å². The standard InChI is InChI=1S/C17H32O.C17H30O.C17H30/c2*1-11-9-10-15(16(11,5)6)12(2)13(3)17(7,8)14(4)18;1-11(2)13(4)14(5)15(6)16-10-9-12(3)17(16,7)8/h9,12-15,18H,10H2,1-8H3;9,14-15,18H,10H2,1-8H3;9,11,15-16H,10H2,1-8H3/b;13-12+;14-13+. The molecule has 0 spiro atoms. The molecule has 3 aliphatic carbocycles. The zero-order chi connectivity index (χ0) is 42.0. The first kappa shape index (κ1) is 49.6. The van der Waals surface area contributed by atoms with Gasteiger partial charge in [-0.05, 0) is 145 Å². The van der Waals surface area contributed by atoms with Crippen molar-refractivity contribution in [2.45, 2.75) is 198 Å². The van der Waals surface area contributed by atoms with E-state index in [9.17, 15) is 10.2 Å². The Morgan fingerprint density at radius 1 is 0.604 bits per heavy atom. The van der Waals surface area contributed by atoms with Crippen molar-refractivity contribution in [2.24, 2.45) is 68.5 Å². The number of aliphatic hydroxyl groups excluding tert-OH is 2. The lowest BCUT2D eigenvalue weighted by atomic mass is 9.62. The summed E-state index contributed by atoms with van der Waals surface area (Å²) in [7, 11) is 0. The Labute approximate surface area is 332 Å². The highest BCUT2D eigenvalue weighted by atomic mass is 16.3. The fraction of sp³-hybridized carbons (Fsp3) is 0.804. The summed E-state index contributed by atoms with van der Waals surface area (Å²) in [5.74, 6) is 4.56. The molecule has 8 atom stereocenters. The Morgan fingerprint density at radius 2 is 1.00 bits per heavy atom. The smallest absolute Gasteiger partial charge is 0.0600 e. The zero-order valence-electron chi connectivity index (χ0n) is 39.9. The summed E-state index contributed by atoms with van der Waals surface area (Å²) < 4.78 is 0. The van der Waals surface area contributed by atoms with E-state index < -0.39 is 0 Å². The van der Waals surface area contributed by atoms with Crippen LogP contribution in [0.4, 0.5) is 0 Å². The summed E-state index contributed by atoms with van der Waals surface area (Å²) in [5.41, 5.74) is 11.4. The van der Waals surface area contributed by atoms with Crippen LogP contribution in [-0.4, -0.2) is 22.4 Å². The normalized spacial score (nSPS) is 27.5. The Kier molecular flexibility index (Phi) is 17.1. The van der Waals surface area contributed by atoms with Gasteiger partial charge in [-0.3, -0.25) is 0 Å². The molecule has 0 amide bonds. The predicted octanol–water partition coefficient (Wildman–Crippen LogP) is 15.0. The fourth-order valence-electron chi connectivity index (χ4n) is 9.46. The summed E-state index contributed by atoms with van der Waals surface area (Å²) in [6.45, 7) is 54.3. The van der Waals surface area contributed by atoms with E-state index in [4.69, 9.17) is 0 Å². The molecule has 2 N–H and O–H groups in total. The molecule has 2 nitrogen and oxygen atoms in total. The third-order valence-corrected chi connectivity index (χ3v) is 17.4. The lowest BCUT2D eigenvalue weighted by Crippen LogP contribution is -2.41. The Hall–Kier alpha value is -1.38. The predicted molar refractivity (Wildman–Crippen MR) is 237 cm³/mol. The van der Waals surface area contributed by atoms with Crippen LogP contribution in [0.3, 0.4) is 0 Å². The summed E-state index contributed by atoms with van der Waals surface area (Å²) in [6, 6.07) is 0. The molecule has 3 aliphatic rings. The number of hydrogen-bond acceptors (Lipinski definition) is 2. The van der Waals surface area contributed by atoms with Gasteiger partial charge in [0.25, 0.3) is 0 Å². The van der Waals surface area contributed by atoms with Crippen LogP contribution in [0.15, 0.2) is 57.2 Å². The molecule has 0 aromatic rings. The van der Waals surface area contributed by atoms with Crippen LogP contribution in [0.25, 0.3) is 0 Å². The SMILES string of the molecule is CC1=CCC(/C(C)=C(\C)C(C)(C)C(C)O)C1(C)C.CC1=CCC(C(C)/C(C)=C(\C)C(C)C)C1(C)C.CC1=CCC(C(C)C(C)C(C)(C)C(C)O)C1(C)C. The molecule has 0 radical (unpaired) electrons. The molecular formula is C51H92O2.